The lowest BCUT2D eigenvalue weighted by atomic mass is 10.2. The molecule has 1 saturated heterocycles. The summed E-state index contributed by atoms with van der Waals surface area (Å²) < 4.78 is 64.6. The van der Waals surface area contributed by atoms with Crippen LogP contribution in [0.4, 0.5) is 13.2 Å². The summed E-state index contributed by atoms with van der Waals surface area (Å²) in [6, 6.07) is 8.22. The molecule has 0 spiro atoms. The number of hydrogen-bond acceptors (Lipinski definition) is 5. The van der Waals surface area contributed by atoms with Gasteiger partial charge in [0.15, 0.2) is 16.0 Å². The highest BCUT2D eigenvalue weighted by molar-refractivity contribution is 8.26. The summed E-state index contributed by atoms with van der Waals surface area (Å²) in [5.41, 5.74) is -0.375. The predicted octanol–water partition coefficient (Wildman–Crippen LogP) is 3.20. The maximum Gasteiger partial charge on any atom is 0.281 e. The topological polar surface area (TPSA) is 66.5 Å². The van der Waals surface area contributed by atoms with Gasteiger partial charge >= 0.3 is 0 Å². The van der Waals surface area contributed by atoms with E-state index in [0.717, 1.165) is 6.08 Å². The largest absolute Gasteiger partial charge is 0.281 e. The van der Waals surface area contributed by atoms with Gasteiger partial charge in [0.25, 0.3) is 15.9 Å². The Kier molecular flexibility index (Phi) is 5.38. The Morgan fingerprint density at radius 2 is 1.67 bits per heavy atom. The van der Waals surface area contributed by atoms with Gasteiger partial charge in [-0.2, -0.15) is 0 Å². The van der Waals surface area contributed by atoms with E-state index >= 15 is 0 Å². The summed E-state index contributed by atoms with van der Waals surface area (Å²) in [4.78, 5) is 14.2. The van der Waals surface area contributed by atoms with Crippen LogP contribution in [0.3, 0.4) is 0 Å². The SMILES string of the molecule is O=C1/C(=C\c2cc(F)c(F)cc2F)SC(=S)N1NS(=O)(=O)c1ccccc1. The van der Waals surface area contributed by atoms with E-state index in [1.54, 1.807) is 6.07 Å². The average Bonchev–Trinajstić information content (AvgIpc) is 2.87. The van der Waals surface area contributed by atoms with Crippen LogP contribution in [0.25, 0.3) is 6.08 Å². The number of nitrogens with zero attached hydrogens (tertiary/aromatic N) is 1. The molecule has 0 atom stereocenters. The number of thiocarbonyl (C=S) groups is 1. The molecule has 11 heteroatoms. The summed E-state index contributed by atoms with van der Waals surface area (Å²) in [5, 5.41) is 0.617. The van der Waals surface area contributed by atoms with Gasteiger partial charge in [0.1, 0.15) is 5.82 Å². The number of sulfonamides is 1. The Bertz CT molecular complexity index is 1070. The average molecular weight is 430 g/mol. The summed E-state index contributed by atoms with van der Waals surface area (Å²) in [6.45, 7) is 0. The molecule has 27 heavy (non-hydrogen) atoms. The maximum absolute atomic E-state index is 13.8. The van der Waals surface area contributed by atoms with Crippen molar-refractivity contribution in [3.05, 3.63) is 70.4 Å². The van der Waals surface area contributed by atoms with Gasteiger partial charge in [-0.15, -0.1) is 4.83 Å². The van der Waals surface area contributed by atoms with Crippen molar-refractivity contribution < 1.29 is 26.4 Å². The number of hydrazine groups is 1. The minimum Gasteiger partial charge on any atom is -0.267 e. The summed E-state index contributed by atoms with van der Waals surface area (Å²) >= 11 is 5.67. The Balaban J connectivity index is 1.89. The molecule has 0 bridgehead atoms. The van der Waals surface area contributed by atoms with Crippen molar-refractivity contribution in [3.63, 3.8) is 0 Å². The first-order valence-electron chi connectivity index (χ1n) is 7.19. The molecule has 140 valence electrons. The van der Waals surface area contributed by atoms with Crippen molar-refractivity contribution in [1.29, 1.82) is 0 Å². The van der Waals surface area contributed by atoms with Crippen molar-refractivity contribution in [1.82, 2.24) is 9.84 Å². The number of benzene rings is 2. The highest BCUT2D eigenvalue weighted by Crippen LogP contribution is 2.32. The molecule has 1 N–H and O–H groups in total. The number of amides is 1. The fourth-order valence-electron chi connectivity index (χ4n) is 2.11. The Labute approximate surface area is 161 Å². The Hall–Kier alpha value is -2.21. The van der Waals surface area contributed by atoms with E-state index in [9.17, 15) is 26.4 Å². The van der Waals surface area contributed by atoms with Gasteiger partial charge in [-0.1, -0.05) is 42.2 Å². The normalized spacial score (nSPS) is 16.4. The van der Waals surface area contributed by atoms with Crippen LogP contribution >= 0.6 is 24.0 Å². The quantitative estimate of drug-likeness (QED) is 0.459. The molecule has 0 aliphatic carbocycles. The third kappa shape index (κ3) is 4.05. The van der Waals surface area contributed by atoms with Crippen molar-refractivity contribution in [3.8, 4) is 0 Å². The molecule has 1 fully saturated rings. The second-order valence-corrected chi connectivity index (χ2v) is 8.55. The first-order chi connectivity index (χ1) is 12.7. The molecule has 1 amide bonds. The third-order valence-corrected chi connectivity index (χ3v) is 6.00. The van der Waals surface area contributed by atoms with Gasteiger partial charge in [0.05, 0.1) is 9.80 Å². The van der Waals surface area contributed by atoms with Crippen LogP contribution in [0.15, 0.2) is 52.3 Å². The standard InChI is InChI=1S/C16H9F3N2O3S3/c17-11-8-13(19)12(18)6-9(11)7-14-15(22)21(16(25)26-14)20-27(23,24)10-4-2-1-3-5-10/h1-8,20H/b14-7+. The van der Waals surface area contributed by atoms with E-state index in [-0.39, 0.29) is 19.7 Å². The zero-order valence-corrected chi connectivity index (χ0v) is 15.6. The number of nitrogens with one attached hydrogen (secondary N) is 1. The van der Waals surface area contributed by atoms with E-state index in [0.29, 0.717) is 28.9 Å². The number of carbonyl (C=O) groups excluding carboxylic acids is 1. The summed E-state index contributed by atoms with van der Waals surface area (Å²) in [6.07, 6.45) is 0.966. The lowest BCUT2D eigenvalue weighted by Gasteiger charge is -2.15. The number of rotatable bonds is 4. The number of halogens is 3. The zero-order valence-electron chi connectivity index (χ0n) is 13.1. The van der Waals surface area contributed by atoms with Crippen molar-refractivity contribution in [2.24, 2.45) is 0 Å². The molecule has 2 aromatic rings. The van der Waals surface area contributed by atoms with Gasteiger partial charge < -0.3 is 0 Å². The molecule has 0 radical (unpaired) electrons. The molecular weight excluding hydrogens is 421 g/mol. The van der Waals surface area contributed by atoms with E-state index < -0.39 is 33.4 Å². The van der Waals surface area contributed by atoms with Gasteiger partial charge in [-0.25, -0.2) is 26.6 Å². The van der Waals surface area contributed by atoms with Crippen molar-refractivity contribution in [2.45, 2.75) is 4.90 Å². The minimum atomic E-state index is -4.08. The highest BCUT2D eigenvalue weighted by Gasteiger charge is 2.35. The number of hydrogen-bond donors (Lipinski definition) is 1. The first kappa shape index (κ1) is 19.5. The van der Waals surface area contributed by atoms with E-state index in [1.165, 1.54) is 24.3 Å². The lowest BCUT2D eigenvalue weighted by molar-refractivity contribution is -0.123. The maximum atomic E-state index is 13.8. The van der Waals surface area contributed by atoms with Gasteiger partial charge in [0.2, 0.25) is 0 Å². The molecule has 2 aromatic carbocycles. The predicted molar refractivity (Wildman–Crippen MR) is 98.1 cm³/mol. The fraction of sp³-hybridized carbons (Fsp3) is 0. The van der Waals surface area contributed by atoms with Crippen molar-refractivity contribution >= 4 is 50.3 Å². The van der Waals surface area contributed by atoms with Gasteiger partial charge in [-0.3, -0.25) is 4.79 Å². The van der Waals surface area contributed by atoms with Gasteiger partial charge in [-0.05, 0) is 24.3 Å². The van der Waals surface area contributed by atoms with E-state index in [4.69, 9.17) is 12.2 Å². The molecule has 1 aliphatic rings. The smallest absolute Gasteiger partial charge is 0.267 e. The molecule has 0 unspecified atom stereocenters. The molecule has 1 heterocycles. The van der Waals surface area contributed by atoms with Crippen LogP contribution in [-0.2, 0) is 14.8 Å². The first-order valence-corrected chi connectivity index (χ1v) is 9.90. The second-order valence-electron chi connectivity index (χ2n) is 5.21. The van der Waals surface area contributed by atoms with Crippen LogP contribution in [0.1, 0.15) is 5.56 Å². The van der Waals surface area contributed by atoms with Crippen LogP contribution in [0.2, 0.25) is 0 Å². The van der Waals surface area contributed by atoms with Crippen LogP contribution in [0.5, 0.6) is 0 Å². The fourth-order valence-corrected chi connectivity index (χ4v) is 4.43. The molecule has 0 aromatic heterocycles. The molecule has 0 saturated carbocycles. The third-order valence-electron chi connectivity index (χ3n) is 3.38. The minimum absolute atomic E-state index is 0.0883. The van der Waals surface area contributed by atoms with Crippen LogP contribution in [-0.4, -0.2) is 23.7 Å². The number of carbonyl (C=O) groups is 1. The highest BCUT2D eigenvalue weighted by atomic mass is 32.2. The van der Waals surface area contributed by atoms with E-state index in [2.05, 4.69) is 0 Å². The van der Waals surface area contributed by atoms with Crippen LogP contribution in [0, 0.1) is 17.5 Å². The lowest BCUT2D eigenvalue weighted by Crippen LogP contribution is -2.44. The van der Waals surface area contributed by atoms with Gasteiger partial charge in [0, 0.05) is 11.6 Å². The Morgan fingerprint density at radius 1 is 1.04 bits per heavy atom. The molecule has 3 rings (SSSR count). The van der Waals surface area contributed by atoms with Crippen LogP contribution < -0.4 is 4.83 Å². The summed E-state index contributed by atoms with van der Waals surface area (Å²) in [7, 11) is -4.08. The zero-order chi connectivity index (χ0) is 19.8. The molecular formula is C16H9F3N2O3S3. The monoisotopic (exact) mass is 430 g/mol. The Morgan fingerprint density at radius 3 is 2.33 bits per heavy atom. The van der Waals surface area contributed by atoms with E-state index in [1.807, 2.05) is 4.83 Å². The molecule has 5 nitrogen and oxygen atoms in total. The second kappa shape index (κ2) is 7.43. The summed E-state index contributed by atoms with van der Waals surface area (Å²) in [5.74, 6) is -4.60. The van der Waals surface area contributed by atoms with Crippen molar-refractivity contribution in [2.75, 3.05) is 0 Å². The number of thioether (sulfide) groups is 1. The molecule has 1 aliphatic heterocycles.